The SMILES string of the molecule is COC(=O)CC1COc2cc(OCc3cccc(C4=C(C)CC(OC5CCNCC5)C=C4C)c3)ccc21. The van der Waals surface area contributed by atoms with Crippen molar-refractivity contribution in [3.8, 4) is 11.5 Å². The lowest BCUT2D eigenvalue weighted by molar-refractivity contribution is -0.141. The van der Waals surface area contributed by atoms with Crippen LogP contribution in [0.1, 0.15) is 62.1 Å². The molecule has 196 valence electrons. The van der Waals surface area contributed by atoms with E-state index in [1.165, 1.54) is 29.4 Å². The Labute approximate surface area is 219 Å². The van der Waals surface area contributed by atoms with Crippen LogP contribution < -0.4 is 14.8 Å². The number of nitrogens with one attached hydrogen (secondary N) is 1. The van der Waals surface area contributed by atoms with Gasteiger partial charge in [-0.2, -0.15) is 0 Å². The Balaban J connectivity index is 1.22. The van der Waals surface area contributed by atoms with Gasteiger partial charge < -0.3 is 24.3 Å². The van der Waals surface area contributed by atoms with Crippen LogP contribution >= 0.6 is 0 Å². The summed E-state index contributed by atoms with van der Waals surface area (Å²) in [6, 6.07) is 14.5. The van der Waals surface area contributed by atoms with E-state index in [-0.39, 0.29) is 18.0 Å². The topological polar surface area (TPSA) is 66.0 Å². The Morgan fingerprint density at radius 2 is 1.95 bits per heavy atom. The molecule has 2 atom stereocenters. The van der Waals surface area contributed by atoms with Crippen LogP contribution in [0, 0.1) is 0 Å². The average Bonchev–Trinajstić information content (AvgIpc) is 3.29. The normalized spacial score (nSPS) is 21.8. The van der Waals surface area contributed by atoms with Crippen LogP contribution in [0.15, 0.2) is 59.7 Å². The van der Waals surface area contributed by atoms with Gasteiger partial charge in [-0.1, -0.05) is 35.9 Å². The molecule has 0 spiro atoms. The van der Waals surface area contributed by atoms with E-state index in [4.69, 9.17) is 18.9 Å². The number of hydrogen-bond acceptors (Lipinski definition) is 6. The molecule has 37 heavy (non-hydrogen) atoms. The maximum Gasteiger partial charge on any atom is 0.306 e. The van der Waals surface area contributed by atoms with E-state index in [1.54, 1.807) is 0 Å². The van der Waals surface area contributed by atoms with Crippen molar-refractivity contribution < 1.29 is 23.7 Å². The van der Waals surface area contributed by atoms with Crippen molar-refractivity contribution in [2.45, 2.75) is 64.3 Å². The van der Waals surface area contributed by atoms with Gasteiger partial charge in [-0.3, -0.25) is 4.79 Å². The number of methoxy groups -OCH3 is 1. The second kappa shape index (κ2) is 11.5. The highest BCUT2D eigenvalue weighted by molar-refractivity contribution is 5.82. The van der Waals surface area contributed by atoms with Gasteiger partial charge in [0, 0.05) is 17.5 Å². The minimum absolute atomic E-state index is 0.0288. The largest absolute Gasteiger partial charge is 0.492 e. The standard InChI is InChI=1S/C31H37NO5/c1-20-13-27(37-25-9-11-32-12-10-25)14-21(2)31(20)23-6-4-5-22(15-23)18-35-26-7-8-28-24(16-30(33)34-3)19-36-29(28)17-26/h4-8,13,15,17,24-25,27,32H,9-12,14,16,18-19H2,1-3H3. The van der Waals surface area contributed by atoms with Crippen LogP contribution in [0.5, 0.6) is 11.5 Å². The lowest BCUT2D eigenvalue weighted by atomic mass is 9.86. The predicted octanol–water partition coefficient (Wildman–Crippen LogP) is 5.57. The molecule has 2 unspecified atom stereocenters. The maximum absolute atomic E-state index is 11.7. The van der Waals surface area contributed by atoms with Gasteiger partial charge in [0.2, 0.25) is 0 Å². The summed E-state index contributed by atoms with van der Waals surface area (Å²) < 4.78 is 23.2. The first-order valence-corrected chi connectivity index (χ1v) is 13.3. The monoisotopic (exact) mass is 503 g/mol. The van der Waals surface area contributed by atoms with E-state index in [0.717, 1.165) is 55.0 Å². The smallest absolute Gasteiger partial charge is 0.306 e. The van der Waals surface area contributed by atoms with Crippen molar-refractivity contribution in [1.82, 2.24) is 5.32 Å². The number of ether oxygens (including phenoxy) is 4. The van der Waals surface area contributed by atoms with E-state index in [9.17, 15) is 4.79 Å². The molecule has 0 bridgehead atoms. The number of esters is 1. The third-order valence-electron chi connectivity index (χ3n) is 7.54. The number of hydrogen-bond donors (Lipinski definition) is 1. The minimum atomic E-state index is -0.222. The molecule has 0 saturated carbocycles. The molecule has 2 aromatic carbocycles. The molecule has 3 aliphatic rings. The van der Waals surface area contributed by atoms with Gasteiger partial charge in [0.15, 0.2) is 0 Å². The highest BCUT2D eigenvalue weighted by Gasteiger charge is 2.27. The lowest BCUT2D eigenvalue weighted by Gasteiger charge is -2.30. The molecule has 0 amide bonds. The fourth-order valence-corrected chi connectivity index (χ4v) is 5.69. The number of carbonyl (C=O) groups excluding carboxylic acids is 1. The van der Waals surface area contributed by atoms with Crippen LogP contribution in [0.2, 0.25) is 0 Å². The third-order valence-corrected chi connectivity index (χ3v) is 7.54. The van der Waals surface area contributed by atoms with Gasteiger partial charge in [-0.15, -0.1) is 0 Å². The van der Waals surface area contributed by atoms with Crippen molar-refractivity contribution in [1.29, 1.82) is 0 Å². The Morgan fingerprint density at radius 1 is 1.11 bits per heavy atom. The third kappa shape index (κ3) is 6.08. The van der Waals surface area contributed by atoms with E-state index in [2.05, 4.69) is 49.5 Å². The second-order valence-corrected chi connectivity index (χ2v) is 10.3. The molecule has 0 radical (unpaired) electrons. The first kappa shape index (κ1) is 25.6. The van der Waals surface area contributed by atoms with Crippen molar-refractivity contribution in [2.75, 3.05) is 26.8 Å². The van der Waals surface area contributed by atoms with Crippen LogP contribution in [-0.4, -0.2) is 45.0 Å². The van der Waals surface area contributed by atoms with Crippen molar-refractivity contribution >= 4 is 11.5 Å². The number of benzene rings is 2. The molecule has 0 aromatic heterocycles. The van der Waals surface area contributed by atoms with Gasteiger partial charge in [-0.25, -0.2) is 0 Å². The van der Waals surface area contributed by atoms with Crippen LogP contribution in [0.4, 0.5) is 0 Å². The van der Waals surface area contributed by atoms with E-state index < -0.39 is 0 Å². The average molecular weight is 504 g/mol. The van der Waals surface area contributed by atoms with Crippen molar-refractivity contribution in [3.05, 3.63) is 76.4 Å². The predicted molar refractivity (Wildman–Crippen MR) is 144 cm³/mol. The maximum atomic E-state index is 11.7. The number of allylic oxidation sites excluding steroid dienone is 2. The summed E-state index contributed by atoms with van der Waals surface area (Å²) in [5.41, 5.74) is 7.32. The second-order valence-electron chi connectivity index (χ2n) is 10.3. The first-order chi connectivity index (χ1) is 18.0. The number of carbonyl (C=O) groups is 1. The fraction of sp³-hybridized carbons (Fsp3) is 0.452. The highest BCUT2D eigenvalue weighted by atomic mass is 16.5. The van der Waals surface area contributed by atoms with Gasteiger partial charge in [0.25, 0.3) is 0 Å². The van der Waals surface area contributed by atoms with Crippen LogP contribution in [-0.2, 0) is 20.9 Å². The van der Waals surface area contributed by atoms with E-state index >= 15 is 0 Å². The minimum Gasteiger partial charge on any atom is -0.492 e. The Kier molecular flexibility index (Phi) is 7.96. The molecule has 6 heteroatoms. The summed E-state index contributed by atoms with van der Waals surface area (Å²) in [4.78, 5) is 11.7. The zero-order valence-electron chi connectivity index (χ0n) is 22.0. The molecular weight excluding hydrogens is 466 g/mol. The van der Waals surface area contributed by atoms with Crippen molar-refractivity contribution in [2.24, 2.45) is 0 Å². The Bertz CT molecular complexity index is 1190. The molecule has 1 saturated heterocycles. The first-order valence-electron chi connectivity index (χ1n) is 13.3. The Hall–Kier alpha value is -3.09. The summed E-state index contributed by atoms with van der Waals surface area (Å²) >= 11 is 0. The van der Waals surface area contributed by atoms with E-state index in [0.29, 0.717) is 25.7 Å². The summed E-state index contributed by atoms with van der Waals surface area (Å²) in [7, 11) is 1.41. The summed E-state index contributed by atoms with van der Waals surface area (Å²) in [5.74, 6) is 1.34. The van der Waals surface area contributed by atoms with Crippen LogP contribution in [0.3, 0.4) is 0 Å². The van der Waals surface area contributed by atoms with Crippen LogP contribution in [0.25, 0.3) is 5.57 Å². The van der Waals surface area contributed by atoms with Crippen molar-refractivity contribution in [3.63, 3.8) is 0 Å². The molecule has 6 nitrogen and oxygen atoms in total. The zero-order chi connectivity index (χ0) is 25.8. The molecular formula is C31H37NO5. The highest BCUT2D eigenvalue weighted by Crippen LogP contribution is 2.39. The molecule has 2 aliphatic heterocycles. The molecule has 1 fully saturated rings. The molecule has 1 N–H and O–H groups in total. The van der Waals surface area contributed by atoms with Gasteiger partial charge >= 0.3 is 5.97 Å². The van der Waals surface area contributed by atoms with Gasteiger partial charge in [0.05, 0.1) is 32.3 Å². The molecule has 2 heterocycles. The summed E-state index contributed by atoms with van der Waals surface area (Å²) in [5, 5.41) is 3.41. The fourth-order valence-electron chi connectivity index (χ4n) is 5.69. The summed E-state index contributed by atoms with van der Waals surface area (Å²) in [6.45, 7) is 7.46. The molecule has 1 aliphatic carbocycles. The van der Waals surface area contributed by atoms with Gasteiger partial charge in [0.1, 0.15) is 18.1 Å². The summed E-state index contributed by atoms with van der Waals surface area (Å²) in [6.07, 6.45) is 6.25. The number of fused-ring (bicyclic) bond motifs is 1. The quantitative estimate of drug-likeness (QED) is 0.476. The number of rotatable bonds is 8. The molecule has 5 rings (SSSR count). The zero-order valence-corrected chi connectivity index (χ0v) is 22.0. The Morgan fingerprint density at radius 3 is 2.73 bits per heavy atom. The number of piperidine rings is 1. The lowest BCUT2D eigenvalue weighted by Crippen LogP contribution is -2.35. The van der Waals surface area contributed by atoms with E-state index in [1.807, 2.05) is 18.2 Å². The van der Waals surface area contributed by atoms with Gasteiger partial charge in [-0.05, 0) is 80.6 Å². The molecule has 2 aromatic rings.